The topological polar surface area (TPSA) is 85.2 Å². The number of aromatic nitrogens is 4. The molecule has 2 aromatic heterocycles. The molecule has 1 fully saturated rings. The first-order chi connectivity index (χ1) is 15.5. The molecule has 2 atom stereocenters. The number of hydrogen-bond acceptors (Lipinski definition) is 7. The summed E-state index contributed by atoms with van der Waals surface area (Å²) in [5.74, 6) is 3.32. The highest BCUT2D eigenvalue weighted by Crippen LogP contribution is 2.26. The van der Waals surface area contributed by atoms with Crippen molar-refractivity contribution < 1.29 is 9.53 Å². The standard InChI is InChI=1S/C23H28N6O2S/c1-16-12-21(27-23(25-16)29-9-8-24-15-29)28-10-11-32-20(14-28)13-22(30)26-17(2)18-4-6-19(31-3)7-5-18/h4-9,12,15,17,20H,10-11,13-14H2,1-3H3,(H,26,30). The van der Waals surface area contributed by atoms with Gasteiger partial charge in [-0.3, -0.25) is 9.36 Å². The molecule has 32 heavy (non-hydrogen) atoms. The summed E-state index contributed by atoms with van der Waals surface area (Å²) in [6.07, 6.45) is 5.72. The highest BCUT2D eigenvalue weighted by atomic mass is 32.2. The summed E-state index contributed by atoms with van der Waals surface area (Å²) in [4.78, 5) is 28.3. The highest BCUT2D eigenvalue weighted by molar-refractivity contribution is 8.00. The van der Waals surface area contributed by atoms with Crippen molar-refractivity contribution in [1.82, 2.24) is 24.8 Å². The molecule has 168 valence electrons. The van der Waals surface area contributed by atoms with E-state index in [-0.39, 0.29) is 17.2 Å². The fourth-order valence-electron chi connectivity index (χ4n) is 3.73. The maximum absolute atomic E-state index is 12.7. The zero-order valence-corrected chi connectivity index (χ0v) is 19.4. The van der Waals surface area contributed by atoms with Crippen LogP contribution in [0.5, 0.6) is 5.75 Å². The third-order valence-electron chi connectivity index (χ3n) is 5.43. The second kappa shape index (κ2) is 10.0. The van der Waals surface area contributed by atoms with Gasteiger partial charge < -0.3 is 15.0 Å². The predicted molar refractivity (Wildman–Crippen MR) is 127 cm³/mol. The molecule has 1 aliphatic rings. The number of nitrogens with zero attached hydrogens (tertiary/aromatic N) is 5. The number of methoxy groups -OCH3 is 1. The van der Waals surface area contributed by atoms with Gasteiger partial charge in [0.15, 0.2) is 0 Å². The van der Waals surface area contributed by atoms with Gasteiger partial charge in [-0.25, -0.2) is 9.97 Å². The predicted octanol–water partition coefficient (Wildman–Crippen LogP) is 3.17. The van der Waals surface area contributed by atoms with Crippen LogP contribution in [0, 0.1) is 6.92 Å². The Bertz CT molecular complexity index is 1040. The molecule has 0 aliphatic carbocycles. The molecular formula is C23H28N6O2S. The van der Waals surface area contributed by atoms with E-state index < -0.39 is 0 Å². The normalized spacial score (nSPS) is 17.1. The zero-order valence-electron chi connectivity index (χ0n) is 18.6. The Balaban J connectivity index is 1.37. The van der Waals surface area contributed by atoms with Crippen molar-refractivity contribution in [2.75, 3.05) is 30.9 Å². The largest absolute Gasteiger partial charge is 0.497 e. The highest BCUT2D eigenvalue weighted by Gasteiger charge is 2.25. The first-order valence-electron chi connectivity index (χ1n) is 10.7. The van der Waals surface area contributed by atoms with E-state index in [1.807, 2.05) is 62.1 Å². The molecule has 2 unspecified atom stereocenters. The number of rotatable bonds is 7. The van der Waals surface area contributed by atoms with Crippen LogP contribution < -0.4 is 15.0 Å². The smallest absolute Gasteiger partial charge is 0.237 e. The fraction of sp³-hybridized carbons (Fsp3) is 0.391. The minimum atomic E-state index is -0.0552. The van der Waals surface area contributed by atoms with Crippen molar-refractivity contribution in [3.8, 4) is 11.7 Å². The monoisotopic (exact) mass is 452 g/mol. The molecule has 3 aromatic rings. The number of ether oxygens (including phenoxy) is 1. The Kier molecular flexibility index (Phi) is 6.94. The summed E-state index contributed by atoms with van der Waals surface area (Å²) in [5, 5.41) is 3.33. The number of benzene rings is 1. The van der Waals surface area contributed by atoms with Gasteiger partial charge in [0.05, 0.1) is 13.2 Å². The number of nitrogens with one attached hydrogen (secondary N) is 1. The van der Waals surface area contributed by atoms with Gasteiger partial charge >= 0.3 is 0 Å². The number of imidazole rings is 1. The lowest BCUT2D eigenvalue weighted by Gasteiger charge is -2.33. The van der Waals surface area contributed by atoms with E-state index in [1.165, 1.54) is 0 Å². The van der Waals surface area contributed by atoms with E-state index in [2.05, 4.69) is 20.2 Å². The van der Waals surface area contributed by atoms with Crippen molar-refractivity contribution >= 4 is 23.5 Å². The van der Waals surface area contributed by atoms with Gasteiger partial charge in [-0.05, 0) is 31.5 Å². The molecule has 1 amide bonds. The lowest BCUT2D eigenvalue weighted by Crippen LogP contribution is -2.41. The molecule has 0 saturated carbocycles. The molecule has 3 heterocycles. The van der Waals surface area contributed by atoms with E-state index in [9.17, 15) is 4.79 Å². The summed E-state index contributed by atoms with van der Waals surface area (Å²) in [7, 11) is 1.65. The van der Waals surface area contributed by atoms with Crippen LogP contribution in [0.4, 0.5) is 5.82 Å². The molecule has 9 heteroatoms. The summed E-state index contributed by atoms with van der Waals surface area (Å²) >= 11 is 1.85. The maximum atomic E-state index is 12.7. The molecule has 1 N–H and O–H groups in total. The quantitative estimate of drug-likeness (QED) is 0.589. The average molecular weight is 453 g/mol. The van der Waals surface area contributed by atoms with E-state index in [0.29, 0.717) is 12.4 Å². The second-order valence-electron chi connectivity index (χ2n) is 7.84. The Labute approximate surface area is 192 Å². The minimum Gasteiger partial charge on any atom is -0.497 e. The van der Waals surface area contributed by atoms with Gasteiger partial charge in [0, 0.05) is 54.7 Å². The molecule has 0 radical (unpaired) electrons. The third-order valence-corrected chi connectivity index (χ3v) is 6.64. The van der Waals surface area contributed by atoms with Crippen LogP contribution in [-0.4, -0.2) is 56.6 Å². The van der Waals surface area contributed by atoms with Crippen molar-refractivity contribution in [2.45, 2.75) is 31.6 Å². The Hall–Kier alpha value is -3.07. The SMILES string of the molecule is COc1ccc(C(C)NC(=O)CC2CN(c3cc(C)nc(-n4ccnc4)n3)CCS2)cc1. The van der Waals surface area contributed by atoms with Gasteiger partial charge in [0.2, 0.25) is 11.9 Å². The van der Waals surface area contributed by atoms with Crippen LogP contribution in [0.1, 0.15) is 30.6 Å². The van der Waals surface area contributed by atoms with Crippen molar-refractivity contribution in [3.63, 3.8) is 0 Å². The lowest BCUT2D eigenvalue weighted by atomic mass is 10.1. The first-order valence-corrected chi connectivity index (χ1v) is 11.7. The van der Waals surface area contributed by atoms with Crippen molar-refractivity contribution in [3.05, 3.63) is 60.3 Å². The van der Waals surface area contributed by atoms with Crippen LogP contribution in [0.2, 0.25) is 0 Å². The summed E-state index contributed by atoms with van der Waals surface area (Å²) in [6.45, 7) is 5.64. The Morgan fingerprint density at radius 2 is 2.12 bits per heavy atom. The van der Waals surface area contributed by atoms with E-state index in [0.717, 1.165) is 41.7 Å². The fourth-order valence-corrected chi connectivity index (χ4v) is 4.94. The lowest BCUT2D eigenvalue weighted by molar-refractivity contribution is -0.121. The number of aryl methyl sites for hydroxylation is 1. The molecule has 0 bridgehead atoms. The molecule has 1 aliphatic heterocycles. The van der Waals surface area contributed by atoms with Crippen molar-refractivity contribution in [2.24, 2.45) is 0 Å². The van der Waals surface area contributed by atoms with Gasteiger partial charge in [0.1, 0.15) is 17.9 Å². The van der Waals surface area contributed by atoms with E-state index >= 15 is 0 Å². The first kappa shape index (κ1) is 22.1. The van der Waals surface area contributed by atoms with Gasteiger partial charge in [-0.15, -0.1) is 0 Å². The average Bonchev–Trinajstić information content (AvgIpc) is 3.34. The molecule has 1 aromatic carbocycles. The van der Waals surface area contributed by atoms with Crippen LogP contribution in [0.15, 0.2) is 49.1 Å². The molecule has 8 nitrogen and oxygen atoms in total. The zero-order chi connectivity index (χ0) is 22.5. The molecule has 4 rings (SSSR count). The number of anilines is 1. The van der Waals surface area contributed by atoms with Gasteiger partial charge in [0.25, 0.3) is 0 Å². The Morgan fingerprint density at radius 1 is 1.31 bits per heavy atom. The minimum absolute atomic E-state index is 0.0552. The summed E-state index contributed by atoms with van der Waals surface area (Å²) in [6, 6.07) is 9.73. The van der Waals surface area contributed by atoms with E-state index in [4.69, 9.17) is 9.72 Å². The number of thioether (sulfide) groups is 1. The molecule has 0 spiro atoms. The van der Waals surface area contributed by atoms with Gasteiger partial charge in [-0.2, -0.15) is 16.7 Å². The van der Waals surface area contributed by atoms with Crippen LogP contribution in [0.25, 0.3) is 5.95 Å². The molecular weight excluding hydrogens is 424 g/mol. The number of carbonyl (C=O) groups is 1. The van der Waals surface area contributed by atoms with Crippen molar-refractivity contribution in [1.29, 1.82) is 0 Å². The third kappa shape index (κ3) is 5.40. The second-order valence-corrected chi connectivity index (χ2v) is 9.25. The van der Waals surface area contributed by atoms with E-state index in [1.54, 1.807) is 24.2 Å². The van der Waals surface area contributed by atoms with Crippen LogP contribution in [-0.2, 0) is 4.79 Å². The molecule has 1 saturated heterocycles. The number of amides is 1. The van der Waals surface area contributed by atoms with Crippen LogP contribution >= 0.6 is 11.8 Å². The Morgan fingerprint density at radius 3 is 2.84 bits per heavy atom. The number of carbonyl (C=O) groups excluding carboxylic acids is 1. The summed E-state index contributed by atoms with van der Waals surface area (Å²) in [5.41, 5.74) is 1.96. The summed E-state index contributed by atoms with van der Waals surface area (Å²) < 4.78 is 7.01. The maximum Gasteiger partial charge on any atom is 0.237 e. The van der Waals surface area contributed by atoms with Crippen LogP contribution in [0.3, 0.4) is 0 Å². The van der Waals surface area contributed by atoms with Gasteiger partial charge in [-0.1, -0.05) is 12.1 Å². The number of hydrogen-bond donors (Lipinski definition) is 1.